The van der Waals surface area contributed by atoms with Crippen molar-refractivity contribution in [3.8, 4) is 0 Å². The van der Waals surface area contributed by atoms with Gasteiger partial charge in [-0.25, -0.2) is 13.2 Å². The molecule has 26 heavy (non-hydrogen) atoms. The minimum Gasteiger partial charge on any atom is -0.381 e. The third kappa shape index (κ3) is 4.48. The lowest BCUT2D eigenvalue weighted by atomic mass is 10.1. The third-order valence-electron chi connectivity index (χ3n) is 4.84. The first-order chi connectivity index (χ1) is 12.5. The van der Waals surface area contributed by atoms with Crippen LogP contribution in [0.25, 0.3) is 0 Å². The summed E-state index contributed by atoms with van der Waals surface area (Å²) in [6, 6.07) is 5.33. The molecule has 2 heterocycles. The van der Waals surface area contributed by atoms with Gasteiger partial charge in [-0.15, -0.1) is 0 Å². The summed E-state index contributed by atoms with van der Waals surface area (Å²) in [5.41, 5.74) is 2.29. The molecule has 0 saturated carbocycles. The maximum atomic E-state index is 12.6. The Morgan fingerprint density at radius 2 is 2.08 bits per heavy atom. The number of hydrogen-bond acceptors (Lipinski definition) is 4. The molecule has 2 N–H and O–H groups in total. The van der Waals surface area contributed by atoms with Gasteiger partial charge in [-0.3, -0.25) is 4.31 Å². The van der Waals surface area contributed by atoms with Crippen LogP contribution in [0, 0.1) is 0 Å². The summed E-state index contributed by atoms with van der Waals surface area (Å²) >= 11 is 0. The fourth-order valence-corrected chi connectivity index (χ4v) is 5.06. The summed E-state index contributed by atoms with van der Waals surface area (Å²) < 4.78 is 31.9. The second-order valence-electron chi connectivity index (χ2n) is 6.82. The van der Waals surface area contributed by atoms with Gasteiger partial charge in [0.2, 0.25) is 10.0 Å². The van der Waals surface area contributed by atoms with Crippen molar-refractivity contribution in [3.63, 3.8) is 0 Å². The number of carbonyl (C=O) groups is 1. The quantitative estimate of drug-likeness (QED) is 0.792. The number of nitrogens with one attached hydrogen (secondary N) is 2. The number of urea groups is 1. The van der Waals surface area contributed by atoms with E-state index in [0.29, 0.717) is 44.0 Å². The molecule has 0 radical (unpaired) electrons. The average Bonchev–Trinajstić information content (AvgIpc) is 3.05. The number of amides is 2. The van der Waals surface area contributed by atoms with Crippen LogP contribution >= 0.6 is 0 Å². The van der Waals surface area contributed by atoms with Gasteiger partial charge in [0.05, 0.1) is 11.4 Å². The molecule has 2 amide bonds. The first-order valence-corrected chi connectivity index (χ1v) is 10.9. The van der Waals surface area contributed by atoms with Crippen molar-refractivity contribution in [2.75, 3.05) is 35.1 Å². The van der Waals surface area contributed by atoms with Crippen molar-refractivity contribution in [2.45, 2.75) is 45.1 Å². The van der Waals surface area contributed by atoms with E-state index in [0.717, 1.165) is 24.8 Å². The maximum Gasteiger partial charge on any atom is 0.319 e. The molecule has 0 aliphatic carbocycles. The largest absolute Gasteiger partial charge is 0.381 e. The number of nitrogens with zero attached hydrogens (tertiary/aromatic N) is 1. The van der Waals surface area contributed by atoms with Crippen molar-refractivity contribution in [1.82, 2.24) is 5.32 Å². The highest BCUT2D eigenvalue weighted by Gasteiger charge is 2.29. The molecule has 1 aromatic carbocycles. The highest BCUT2D eigenvalue weighted by Crippen LogP contribution is 2.33. The summed E-state index contributed by atoms with van der Waals surface area (Å²) in [6.07, 6.45) is 3.81. The van der Waals surface area contributed by atoms with Gasteiger partial charge in [-0.05, 0) is 43.4 Å². The van der Waals surface area contributed by atoms with E-state index in [2.05, 4.69) is 10.6 Å². The Kier molecular flexibility index (Phi) is 6.03. The first-order valence-electron chi connectivity index (χ1n) is 9.28. The molecule has 3 rings (SSSR count). The average molecular weight is 381 g/mol. The van der Waals surface area contributed by atoms with Crippen LogP contribution in [-0.4, -0.2) is 46.0 Å². The molecule has 2 aliphatic rings. The SMILES string of the molecule is CCCCS(=O)(=O)N1CCc2ccc(NC(=O)NC3CCOCC3)cc21. The number of anilines is 2. The maximum absolute atomic E-state index is 12.6. The lowest BCUT2D eigenvalue weighted by Gasteiger charge is -2.23. The minimum atomic E-state index is -3.31. The molecule has 0 bridgehead atoms. The number of ether oxygens (including phenoxy) is 1. The van der Waals surface area contributed by atoms with Gasteiger partial charge in [-0.2, -0.15) is 0 Å². The molecule has 7 nitrogen and oxygen atoms in total. The summed E-state index contributed by atoms with van der Waals surface area (Å²) in [5.74, 6) is 0.158. The van der Waals surface area contributed by atoms with Crippen LogP contribution in [0.4, 0.5) is 16.2 Å². The topological polar surface area (TPSA) is 87.7 Å². The molecule has 0 atom stereocenters. The van der Waals surface area contributed by atoms with Crippen molar-refractivity contribution in [1.29, 1.82) is 0 Å². The molecule has 0 spiro atoms. The monoisotopic (exact) mass is 381 g/mol. The predicted molar refractivity (Wildman–Crippen MR) is 102 cm³/mol. The smallest absolute Gasteiger partial charge is 0.319 e. The lowest BCUT2D eigenvalue weighted by molar-refractivity contribution is 0.0806. The van der Waals surface area contributed by atoms with Crippen molar-refractivity contribution in [3.05, 3.63) is 23.8 Å². The summed E-state index contributed by atoms with van der Waals surface area (Å²) in [6.45, 7) is 3.77. The summed E-state index contributed by atoms with van der Waals surface area (Å²) in [4.78, 5) is 12.2. The standard InChI is InChI=1S/C18H27N3O4S/c1-2-3-12-26(23,24)21-9-6-14-4-5-16(13-17(14)21)20-18(22)19-15-7-10-25-11-8-15/h4-5,13,15H,2-3,6-12H2,1H3,(H2,19,20,22). The Morgan fingerprint density at radius 1 is 1.31 bits per heavy atom. The van der Waals surface area contributed by atoms with Gasteiger partial charge in [0.15, 0.2) is 0 Å². The zero-order valence-corrected chi connectivity index (χ0v) is 16.0. The molecule has 0 unspecified atom stereocenters. The van der Waals surface area contributed by atoms with E-state index in [1.165, 1.54) is 4.31 Å². The van der Waals surface area contributed by atoms with Crippen molar-refractivity contribution < 1.29 is 17.9 Å². The number of carbonyl (C=O) groups excluding carboxylic acids is 1. The Bertz CT molecular complexity index is 745. The Labute approximate surface area is 155 Å². The molecular formula is C18H27N3O4S. The molecular weight excluding hydrogens is 354 g/mol. The van der Waals surface area contributed by atoms with Gasteiger partial charge < -0.3 is 15.4 Å². The third-order valence-corrected chi connectivity index (χ3v) is 6.70. The number of rotatable bonds is 6. The number of hydrogen-bond donors (Lipinski definition) is 2. The second-order valence-corrected chi connectivity index (χ2v) is 8.83. The number of sulfonamides is 1. The number of unbranched alkanes of at least 4 members (excludes halogenated alkanes) is 1. The predicted octanol–water partition coefficient (Wildman–Crippen LogP) is 2.48. The molecule has 0 aromatic heterocycles. The lowest BCUT2D eigenvalue weighted by Crippen LogP contribution is -2.41. The highest BCUT2D eigenvalue weighted by molar-refractivity contribution is 7.92. The molecule has 2 aliphatic heterocycles. The van der Waals surface area contributed by atoms with E-state index < -0.39 is 10.0 Å². The van der Waals surface area contributed by atoms with Crippen molar-refractivity contribution in [2.24, 2.45) is 0 Å². The fraction of sp³-hybridized carbons (Fsp3) is 0.611. The van der Waals surface area contributed by atoms with Crippen LogP contribution in [0.2, 0.25) is 0 Å². The number of fused-ring (bicyclic) bond motifs is 1. The van der Waals surface area contributed by atoms with Gasteiger partial charge in [0.25, 0.3) is 0 Å². The molecule has 1 fully saturated rings. The van der Waals surface area contributed by atoms with Crippen LogP contribution in [0.5, 0.6) is 0 Å². The van der Waals surface area contributed by atoms with E-state index in [4.69, 9.17) is 4.74 Å². The number of benzene rings is 1. The molecule has 1 aromatic rings. The first kappa shape index (κ1) is 19.0. The van der Waals surface area contributed by atoms with Gasteiger partial charge in [0.1, 0.15) is 0 Å². The van der Waals surface area contributed by atoms with E-state index >= 15 is 0 Å². The Balaban J connectivity index is 1.68. The van der Waals surface area contributed by atoms with E-state index in [1.54, 1.807) is 6.07 Å². The molecule has 144 valence electrons. The van der Waals surface area contributed by atoms with Gasteiger partial charge in [0, 0.05) is 31.5 Å². The van der Waals surface area contributed by atoms with Crippen LogP contribution in [0.3, 0.4) is 0 Å². The van der Waals surface area contributed by atoms with Crippen LogP contribution in [0.1, 0.15) is 38.2 Å². The zero-order chi connectivity index (χ0) is 18.6. The van der Waals surface area contributed by atoms with Crippen LogP contribution in [0.15, 0.2) is 18.2 Å². The normalized spacial score (nSPS) is 17.8. The molecule has 8 heteroatoms. The van der Waals surface area contributed by atoms with Crippen molar-refractivity contribution >= 4 is 27.4 Å². The van der Waals surface area contributed by atoms with Crippen LogP contribution < -0.4 is 14.9 Å². The Hall–Kier alpha value is -1.80. The van der Waals surface area contributed by atoms with Gasteiger partial charge >= 0.3 is 6.03 Å². The fourth-order valence-electron chi connectivity index (χ4n) is 3.35. The highest BCUT2D eigenvalue weighted by atomic mass is 32.2. The summed E-state index contributed by atoms with van der Waals surface area (Å²) in [7, 11) is -3.31. The van der Waals surface area contributed by atoms with Gasteiger partial charge in [-0.1, -0.05) is 19.4 Å². The Morgan fingerprint density at radius 3 is 2.81 bits per heavy atom. The van der Waals surface area contributed by atoms with E-state index in [-0.39, 0.29) is 17.8 Å². The molecule has 1 saturated heterocycles. The van der Waals surface area contributed by atoms with E-state index in [1.807, 2.05) is 19.1 Å². The zero-order valence-electron chi connectivity index (χ0n) is 15.2. The minimum absolute atomic E-state index is 0.115. The van der Waals surface area contributed by atoms with E-state index in [9.17, 15) is 13.2 Å². The summed E-state index contributed by atoms with van der Waals surface area (Å²) in [5, 5.41) is 5.76. The second kappa shape index (κ2) is 8.26. The van der Waals surface area contributed by atoms with Crippen LogP contribution in [-0.2, 0) is 21.2 Å².